The molecule has 2 aliphatic rings. The van der Waals surface area contributed by atoms with Crippen molar-refractivity contribution in [3.8, 4) is 11.6 Å². The summed E-state index contributed by atoms with van der Waals surface area (Å²) in [6.45, 7) is 2.90. The molecular weight excluding hydrogens is 455 g/mol. The highest BCUT2D eigenvalue weighted by Gasteiger charge is 2.31. The second kappa shape index (κ2) is 10.1. The number of halogens is 1. The highest BCUT2D eigenvalue weighted by atomic mass is 19.1. The van der Waals surface area contributed by atoms with Crippen LogP contribution in [0.5, 0.6) is 11.6 Å². The van der Waals surface area contributed by atoms with Crippen LogP contribution in [-0.2, 0) is 17.8 Å². The van der Waals surface area contributed by atoms with Crippen molar-refractivity contribution in [3.05, 3.63) is 47.5 Å². The Morgan fingerprint density at radius 1 is 1.29 bits per heavy atom. The average molecular weight is 483 g/mol. The van der Waals surface area contributed by atoms with Gasteiger partial charge in [-0.05, 0) is 24.6 Å². The first-order chi connectivity index (χ1) is 17.0. The van der Waals surface area contributed by atoms with Gasteiger partial charge in [-0.3, -0.25) is 9.78 Å². The van der Waals surface area contributed by atoms with Gasteiger partial charge in [-0.25, -0.2) is 14.4 Å². The second-order valence-corrected chi connectivity index (χ2v) is 8.76. The van der Waals surface area contributed by atoms with Crippen LogP contribution >= 0.6 is 0 Å². The van der Waals surface area contributed by atoms with E-state index in [4.69, 9.17) is 9.47 Å². The third-order valence-electron chi connectivity index (χ3n) is 6.35. The number of pyridine rings is 3. The van der Waals surface area contributed by atoms with Gasteiger partial charge < -0.3 is 30.1 Å². The maximum Gasteiger partial charge on any atom is 0.263 e. The minimum Gasteiger partial charge on any atom is -0.481 e. The Labute approximate surface area is 201 Å². The number of carbonyl (C=O) groups is 1. The van der Waals surface area contributed by atoms with Crippen LogP contribution in [0.3, 0.4) is 0 Å². The molecular formula is C24H27FN6O4. The Kier molecular flexibility index (Phi) is 6.71. The monoisotopic (exact) mass is 482 g/mol. The number of anilines is 1. The Hall–Kier alpha value is -3.41. The third kappa shape index (κ3) is 5.16. The fraction of sp³-hybridized carbons (Fsp3) is 0.417. The van der Waals surface area contributed by atoms with Crippen molar-refractivity contribution in [2.24, 2.45) is 5.92 Å². The first-order valence-electron chi connectivity index (χ1n) is 11.5. The lowest BCUT2D eigenvalue weighted by Gasteiger charge is -2.18. The Balaban J connectivity index is 1.15. The van der Waals surface area contributed by atoms with E-state index in [0.717, 1.165) is 5.69 Å². The van der Waals surface area contributed by atoms with Crippen LogP contribution in [0.1, 0.15) is 11.3 Å². The highest BCUT2D eigenvalue weighted by Crippen LogP contribution is 2.26. The van der Waals surface area contributed by atoms with Crippen molar-refractivity contribution >= 4 is 22.8 Å². The van der Waals surface area contributed by atoms with Crippen molar-refractivity contribution in [3.63, 3.8) is 0 Å². The molecule has 5 heterocycles. The summed E-state index contributed by atoms with van der Waals surface area (Å²) in [6, 6.07) is 7.10. The summed E-state index contributed by atoms with van der Waals surface area (Å²) < 4.78 is 25.1. The van der Waals surface area contributed by atoms with Crippen LogP contribution in [0.15, 0.2) is 30.5 Å². The molecule has 184 valence electrons. The number of nitrogens with zero attached hydrogens (tertiary/aromatic N) is 4. The number of rotatable bonds is 8. The van der Waals surface area contributed by atoms with Gasteiger partial charge in [0.25, 0.3) is 5.91 Å². The summed E-state index contributed by atoms with van der Waals surface area (Å²) in [5, 5.41) is 16.6. The first kappa shape index (κ1) is 23.3. The lowest BCUT2D eigenvalue weighted by atomic mass is 10.1. The number of aliphatic hydroxyl groups is 1. The van der Waals surface area contributed by atoms with Gasteiger partial charge in [-0.15, -0.1) is 0 Å². The number of amides is 1. The third-order valence-corrected chi connectivity index (χ3v) is 6.35. The quantitative estimate of drug-likeness (QED) is 0.434. The van der Waals surface area contributed by atoms with Gasteiger partial charge >= 0.3 is 0 Å². The molecule has 1 saturated heterocycles. The number of fused-ring (bicyclic) bond motifs is 2. The SMILES string of the molecule is COc1ccc2ncc(F)c(CCN3CC(O)C(CNCc4ccc5c(n4)NC(=O)CO5)C3)c2n1. The Morgan fingerprint density at radius 3 is 3.03 bits per heavy atom. The van der Waals surface area contributed by atoms with Gasteiger partial charge in [0.1, 0.15) is 5.82 Å². The highest BCUT2D eigenvalue weighted by molar-refractivity contribution is 5.94. The number of hydrogen-bond acceptors (Lipinski definition) is 9. The molecule has 3 aromatic rings. The number of likely N-dealkylation sites (tertiary alicyclic amines) is 1. The molecule has 2 aliphatic heterocycles. The molecule has 0 aliphatic carbocycles. The molecule has 1 fully saturated rings. The Morgan fingerprint density at radius 2 is 2.17 bits per heavy atom. The largest absolute Gasteiger partial charge is 0.481 e. The smallest absolute Gasteiger partial charge is 0.263 e. The van der Waals surface area contributed by atoms with Crippen molar-refractivity contribution in [1.29, 1.82) is 0 Å². The minimum atomic E-state index is -0.482. The number of methoxy groups -OCH3 is 1. The second-order valence-electron chi connectivity index (χ2n) is 8.76. The molecule has 2 unspecified atom stereocenters. The van der Waals surface area contributed by atoms with Gasteiger partial charge in [0, 0.05) is 50.3 Å². The van der Waals surface area contributed by atoms with Crippen molar-refractivity contribution < 1.29 is 23.8 Å². The molecule has 3 N–H and O–H groups in total. The summed E-state index contributed by atoms with van der Waals surface area (Å²) in [5.74, 6) is 0.817. The van der Waals surface area contributed by atoms with Crippen molar-refractivity contribution in [2.45, 2.75) is 19.1 Å². The molecule has 0 bridgehead atoms. The first-order valence-corrected chi connectivity index (χ1v) is 11.5. The fourth-order valence-electron chi connectivity index (χ4n) is 4.51. The average Bonchev–Trinajstić information content (AvgIpc) is 3.21. The van der Waals surface area contributed by atoms with E-state index in [2.05, 4.69) is 30.5 Å². The van der Waals surface area contributed by atoms with E-state index in [1.54, 1.807) is 18.2 Å². The zero-order valence-electron chi connectivity index (χ0n) is 19.3. The predicted molar refractivity (Wildman–Crippen MR) is 126 cm³/mol. The van der Waals surface area contributed by atoms with E-state index in [0.29, 0.717) is 73.2 Å². The van der Waals surface area contributed by atoms with E-state index < -0.39 is 11.9 Å². The topological polar surface area (TPSA) is 122 Å². The lowest BCUT2D eigenvalue weighted by molar-refractivity contribution is -0.118. The van der Waals surface area contributed by atoms with Gasteiger partial charge in [-0.1, -0.05) is 0 Å². The van der Waals surface area contributed by atoms with E-state index in [1.165, 1.54) is 13.3 Å². The maximum atomic E-state index is 14.6. The van der Waals surface area contributed by atoms with Crippen LogP contribution in [0.25, 0.3) is 11.0 Å². The number of ether oxygens (including phenoxy) is 2. The summed E-state index contributed by atoms with van der Waals surface area (Å²) in [6.07, 6.45) is 1.19. The van der Waals surface area contributed by atoms with Crippen molar-refractivity contribution in [2.75, 3.05) is 45.2 Å². The normalized spacial score (nSPS) is 19.9. The molecule has 0 radical (unpaired) electrons. The number of aliphatic hydroxyl groups excluding tert-OH is 1. The standard InChI is InChI=1S/C24H27FN6O4/c1-34-22-5-3-18-23(30-22)16(17(25)10-27-18)6-7-31-11-14(19(32)12-31)8-26-9-15-2-4-20-24(28-15)29-21(33)13-35-20/h2-5,10,14,19,26,32H,6-9,11-13H2,1H3,(H,28,29,33). The van der Waals surface area contributed by atoms with E-state index in [1.807, 2.05) is 6.07 Å². The summed E-state index contributed by atoms with van der Waals surface area (Å²) in [4.78, 5) is 26.6. The molecule has 1 amide bonds. The molecule has 10 nitrogen and oxygen atoms in total. The molecule has 3 aromatic heterocycles. The molecule has 2 atom stereocenters. The van der Waals surface area contributed by atoms with Gasteiger partial charge in [0.05, 0.1) is 36.1 Å². The maximum absolute atomic E-state index is 14.6. The number of nitrogens with one attached hydrogen (secondary N) is 2. The Bertz CT molecular complexity index is 1240. The van der Waals surface area contributed by atoms with E-state index in [-0.39, 0.29) is 18.4 Å². The zero-order valence-corrected chi connectivity index (χ0v) is 19.3. The van der Waals surface area contributed by atoms with Crippen LogP contribution in [0.2, 0.25) is 0 Å². The van der Waals surface area contributed by atoms with E-state index in [9.17, 15) is 14.3 Å². The van der Waals surface area contributed by atoms with Crippen LogP contribution in [-0.4, -0.2) is 76.9 Å². The molecule has 0 saturated carbocycles. The summed E-state index contributed by atoms with van der Waals surface area (Å²) in [7, 11) is 1.52. The fourth-order valence-corrected chi connectivity index (χ4v) is 4.51. The summed E-state index contributed by atoms with van der Waals surface area (Å²) >= 11 is 0. The van der Waals surface area contributed by atoms with E-state index >= 15 is 0 Å². The number of carbonyl (C=O) groups excluding carboxylic acids is 1. The lowest BCUT2D eigenvalue weighted by Crippen LogP contribution is -2.31. The predicted octanol–water partition coefficient (Wildman–Crippen LogP) is 1.13. The number of hydrogen-bond donors (Lipinski definition) is 3. The molecule has 5 rings (SSSR count). The van der Waals surface area contributed by atoms with Crippen LogP contribution < -0.4 is 20.1 Å². The molecule has 11 heteroatoms. The molecule has 0 spiro atoms. The van der Waals surface area contributed by atoms with Crippen LogP contribution in [0.4, 0.5) is 10.2 Å². The minimum absolute atomic E-state index is 0.00290. The summed E-state index contributed by atoms with van der Waals surface area (Å²) in [5.41, 5.74) is 2.38. The van der Waals surface area contributed by atoms with Gasteiger partial charge in [0.15, 0.2) is 18.2 Å². The van der Waals surface area contributed by atoms with Crippen molar-refractivity contribution in [1.82, 2.24) is 25.2 Å². The number of aromatic nitrogens is 3. The van der Waals surface area contributed by atoms with Crippen LogP contribution in [0, 0.1) is 11.7 Å². The molecule has 0 aromatic carbocycles. The van der Waals surface area contributed by atoms with Gasteiger partial charge in [-0.2, -0.15) is 0 Å². The molecule has 35 heavy (non-hydrogen) atoms. The van der Waals surface area contributed by atoms with Gasteiger partial charge in [0.2, 0.25) is 5.88 Å². The number of β-amino-alcohol motifs (C(OH)–C–C–N with tert-alkyl or cyclic N) is 1. The zero-order chi connectivity index (χ0) is 24.4.